The van der Waals surface area contributed by atoms with Gasteiger partial charge in [-0.1, -0.05) is 21.1 Å². The molecule has 19 heavy (non-hydrogen) atoms. The van der Waals surface area contributed by atoms with E-state index >= 15 is 0 Å². The van der Waals surface area contributed by atoms with Crippen LogP contribution in [0.4, 0.5) is 0 Å². The zero-order chi connectivity index (χ0) is 13.7. The molecule has 0 saturated heterocycles. The van der Waals surface area contributed by atoms with Gasteiger partial charge in [-0.2, -0.15) is 4.98 Å². The molecule has 1 aromatic heterocycles. The third kappa shape index (κ3) is 3.95. The number of nitrogens with zero attached hydrogens (tertiary/aromatic N) is 2. The van der Waals surface area contributed by atoms with Crippen LogP contribution in [0.3, 0.4) is 0 Å². The van der Waals surface area contributed by atoms with E-state index < -0.39 is 0 Å². The van der Waals surface area contributed by atoms with E-state index in [1.54, 1.807) is 26.0 Å². The van der Waals surface area contributed by atoms with Crippen molar-refractivity contribution in [3.63, 3.8) is 0 Å². The molecule has 0 aliphatic carbocycles. The molecule has 1 heterocycles. The number of aromatic nitrogens is 2. The highest BCUT2D eigenvalue weighted by Crippen LogP contribution is 2.33. The Labute approximate surface area is 123 Å². The highest BCUT2D eigenvalue weighted by molar-refractivity contribution is 9.10. The Bertz CT molecular complexity index is 548. The molecule has 0 atom stereocenters. The molecule has 0 saturated carbocycles. The van der Waals surface area contributed by atoms with E-state index in [1.165, 1.54) is 0 Å². The van der Waals surface area contributed by atoms with Gasteiger partial charge in [0.1, 0.15) is 12.4 Å². The van der Waals surface area contributed by atoms with Crippen molar-refractivity contribution in [1.29, 1.82) is 0 Å². The molecule has 0 bridgehead atoms. The van der Waals surface area contributed by atoms with Crippen LogP contribution in [0.25, 0.3) is 0 Å². The van der Waals surface area contributed by atoms with E-state index in [4.69, 9.17) is 14.0 Å². The molecular formula is C12H13BrN2O3S. The predicted octanol–water partition coefficient (Wildman–Crippen LogP) is 3.28. The lowest BCUT2D eigenvalue weighted by molar-refractivity contribution is 0.174. The minimum Gasteiger partial charge on any atom is -0.496 e. The van der Waals surface area contributed by atoms with Gasteiger partial charge in [0, 0.05) is 11.6 Å². The summed E-state index contributed by atoms with van der Waals surface area (Å²) < 4.78 is 16.4. The van der Waals surface area contributed by atoms with Crippen molar-refractivity contribution in [1.82, 2.24) is 10.1 Å². The van der Waals surface area contributed by atoms with Gasteiger partial charge in [-0.05, 0) is 18.2 Å². The first-order chi connectivity index (χ1) is 9.22. The topological polar surface area (TPSA) is 57.4 Å². The minimum atomic E-state index is 0.356. The number of hydrogen-bond donors (Lipinski definition) is 0. The molecule has 0 fully saturated rings. The summed E-state index contributed by atoms with van der Waals surface area (Å²) in [5, 5.41) is 3.81. The van der Waals surface area contributed by atoms with Crippen LogP contribution >= 0.6 is 27.7 Å². The lowest BCUT2D eigenvalue weighted by Gasteiger charge is -2.07. The summed E-state index contributed by atoms with van der Waals surface area (Å²) in [6.45, 7) is 0.356. The van der Waals surface area contributed by atoms with Crippen molar-refractivity contribution in [3.05, 3.63) is 34.4 Å². The third-order valence-corrected chi connectivity index (χ3v) is 3.77. The van der Waals surface area contributed by atoms with Crippen molar-refractivity contribution in [2.45, 2.75) is 17.3 Å². The molecule has 0 aliphatic heterocycles. The Morgan fingerprint density at radius 3 is 2.95 bits per heavy atom. The first kappa shape index (κ1) is 14.4. The second-order valence-corrected chi connectivity index (χ2v) is 5.55. The number of benzene rings is 1. The molecular weight excluding hydrogens is 332 g/mol. The molecule has 2 rings (SSSR count). The molecule has 102 valence electrons. The SMILES string of the molecule is COCc1noc(CSc2cc(Br)ccc2OC)n1. The van der Waals surface area contributed by atoms with Crippen molar-refractivity contribution in [2.24, 2.45) is 0 Å². The van der Waals surface area contributed by atoms with E-state index in [2.05, 4.69) is 26.1 Å². The molecule has 5 nitrogen and oxygen atoms in total. The van der Waals surface area contributed by atoms with Crippen LogP contribution in [0.2, 0.25) is 0 Å². The summed E-state index contributed by atoms with van der Waals surface area (Å²) in [4.78, 5) is 5.23. The largest absolute Gasteiger partial charge is 0.496 e. The second-order valence-electron chi connectivity index (χ2n) is 3.62. The number of hydrogen-bond acceptors (Lipinski definition) is 6. The van der Waals surface area contributed by atoms with Gasteiger partial charge in [0.15, 0.2) is 5.82 Å². The average molecular weight is 345 g/mol. The summed E-state index contributed by atoms with van der Waals surface area (Å²) in [6, 6.07) is 5.85. The number of halogens is 1. The van der Waals surface area contributed by atoms with Crippen molar-refractivity contribution in [2.75, 3.05) is 14.2 Å². The molecule has 1 aromatic carbocycles. The Morgan fingerprint density at radius 1 is 1.37 bits per heavy atom. The Hall–Kier alpha value is -1.05. The Balaban J connectivity index is 2.03. The fourth-order valence-electron chi connectivity index (χ4n) is 1.44. The normalized spacial score (nSPS) is 10.7. The first-order valence-corrected chi connectivity index (χ1v) is 7.27. The lowest BCUT2D eigenvalue weighted by Crippen LogP contribution is -1.90. The van der Waals surface area contributed by atoms with Crippen LogP contribution in [0, 0.1) is 0 Å². The Morgan fingerprint density at radius 2 is 2.21 bits per heavy atom. The van der Waals surface area contributed by atoms with Gasteiger partial charge in [-0.3, -0.25) is 0 Å². The van der Waals surface area contributed by atoms with Gasteiger partial charge in [0.2, 0.25) is 5.89 Å². The molecule has 0 amide bonds. The molecule has 0 unspecified atom stereocenters. The van der Waals surface area contributed by atoms with Crippen LogP contribution in [-0.2, 0) is 17.1 Å². The zero-order valence-electron chi connectivity index (χ0n) is 10.6. The van der Waals surface area contributed by atoms with Crippen molar-refractivity contribution in [3.8, 4) is 5.75 Å². The standard InChI is InChI=1S/C12H13BrN2O3S/c1-16-6-11-14-12(18-15-11)7-19-10-5-8(13)3-4-9(10)17-2/h3-5H,6-7H2,1-2H3. The van der Waals surface area contributed by atoms with Gasteiger partial charge in [0.05, 0.1) is 17.8 Å². The van der Waals surface area contributed by atoms with E-state index in [-0.39, 0.29) is 0 Å². The van der Waals surface area contributed by atoms with Crippen LogP contribution in [0.5, 0.6) is 5.75 Å². The van der Waals surface area contributed by atoms with E-state index in [0.29, 0.717) is 24.1 Å². The maximum atomic E-state index is 5.30. The highest BCUT2D eigenvalue weighted by atomic mass is 79.9. The quantitative estimate of drug-likeness (QED) is 0.749. The van der Waals surface area contributed by atoms with E-state index in [1.807, 2.05) is 18.2 Å². The summed E-state index contributed by atoms with van der Waals surface area (Å²) in [5.41, 5.74) is 0. The fourth-order valence-corrected chi connectivity index (χ4v) is 2.85. The number of methoxy groups -OCH3 is 2. The van der Waals surface area contributed by atoms with Gasteiger partial charge < -0.3 is 14.0 Å². The average Bonchev–Trinajstić information content (AvgIpc) is 2.85. The lowest BCUT2D eigenvalue weighted by atomic mass is 10.3. The van der Waals surface area contributed by atoms with Crippen molar-refractivity contribution < 1.29 is 14.0 Å². The molecule has 0 N–H and O–H groups in total. The summed E-state index contributed by atoms with van der Waals surface area (Å²) in [7, 11) is 3.24. The second kappa shape index (κ2) is 6.93. The molecule has 0 spiro atoms. The highest BCUT2D eigenvalue weighted by Gasteiger charge is 2.09. The number of thioether (sulfide) groups is 1. The third-order valence-electron chi connectivity index (χ3n) is 2.26. The summed E-state index contributed by atoms with van der Waals surface area (Å²) in [5.74, 6) is 2.53. The van der Waals surface area contributed by atoms with Crippen LogP contribution in [-0.4, -0.2) is 24.4 Å². The molecule has 0 aliphatic rings. The molecule has 7 heteroatoms. The van der Waals surface area contributed by atoms with Crippen LogP contribution in [0.15, 0.2) is 32.1 Å². The van der Waals surface area contributed by atoms with Crippen molar-refractivity contribution >= 4 is 27.7 Å². The summed E-state index contributed by atoms with van der Waals surface area (Å²) in [6.07, 6.45) is 0. The maximum absolute atomic E-state index is 5.30. The summed E-state index contributed by atoms with van der Waals surface area (Å²) >= 11 is 5.02. The maximum Gasteiger partial charge on any atom is 0.237 e. The molecule has 0 radical (unpaired) electrons. The Kier molecular flexibility index (Phi) is 5.24. The van der Waals surface area contributed by atoms with E-state index in [9.17, 15) is 0 Å². The van der Waals surface area contributed by atoms with Gasteiger partial charge in [-0.25, -0.2) is 0 Å². The van der Waals surface area contributed by atoms with Gasteiger partial charge in [-0.15, -0.1) is 11.8 Å². The monoisotopic (exact) mass is 344 g/mol. The number of rotatable bonds is 6. The van der Waals surface area contributed by atoms with Crippen LogP contribution < -0.4 is 4.74 Å². The number of ether oxygens (including phenoxy) is 2. The minimum absolute atomic E-state index is 0.356. The van der Waals surface area contributed by atoms with Gasteiger partial charge in [0.25, 0.3) is 0 Å². The van der Waals surface area contributed by atoms with Gasteiger partial charge >= 0.3 is 0 Å². The first-order valence-electron chi connectivity index (χ1n) is 5.49. The van der Waals surface area contributed by atoms with Crippen LogP contribution in [0.1, 0.15) is 11.7 Å². The molecule has 2 aromatic rings. The smallest absolute Gasteiger partial charge is 0.237 e. The predicted molar refractivity (Wildman–Crippen MR) is 75.3 cm³/mol. The zero-order valence-corrected chi connectivity index (χ0v) is 13.0. The fraction of sp³-hybridized carbons (Fsp3) is 0.333. The van der Waals surface area contributed by atoms with E-state index in [0.717, 1.165) is 15.1 Å².